The van der Waals surface area contributed by atoms with Gasteiger partial charge in [-0.2, -0.15) is 0 Å². The highest BCUT2D eigenvalue weighted by Crippen LogP contribution is 2.34. The lowest BCUT2D eigenvalue weighted by molar-refractivity contribution is 0.242. The van der Waals surface area contributed by atoms with Gasteiger partial charge in [0.05, 0.1) is 13.2 Å². The first-order valence-electron chi connectivity index (χ1n) is 10.4. The lowest BCUT2D eigenvalue weighted by Crippen LogP contribution is -2.18. The molecule has 3 aromatic carbocycles. The minimum absolute atomic E-state index is 0.168. The Balaban J connectivity index is 1.73. The van der Waals surface area contributed by atoms with Crippen molar-refractivity contribution < 1.29 is 9.47 Å². The molecule has 0 saturated heterocycles. The van der Waals surface area contributed by atoms with Crippen LogP contribution in [-0.4, -0.2) is 19.8 Å². The zero-order valence-electron chi connectivity index (χ0n) is 18.0. The molecule has 3 aromatic rings. The van der Waals surface area contributed by atoms with Crippen LogP contribution in [0.1, 0.15) is 42.9 Å². The fraction of sp³-hybridized carbons (Fsp3) is 0.308. The van der Waals surface area contributed by atoms with E-state index in [1.807, 2.05) is 38.1 Å². The van der Waals surface area contributed by atoms with E-state index in [0.29, 0.717) is 0 Å². The van der Waals surface area contributed by atoms with Crippen molar-refractivity contribution in [3.63, 3.8) is 0 Å². The summed E-state index contributed by atoms with van der Waals surface area (Å²) in [5.41, 5.74) is 3.73. The van der Waals surface area contributed by atoms with E-state index in [-0.39, 0.29) is 12.0 Å². The average Bonchev–Trinajstić information content (AvgIpc) is 2.75. The van der Waals surface area contributed by atoms with Crippen molar-refractivity contribution in [1.82, 2.24) is 5.32 Å². The lowest BCUT2D eigenvalue weighted by Gasteiger charge is -2.21. The summed E-state index contributed by atoms with van der Waals surface area (Å²) in [5.74, 6) is 2.06. The van der Waals surface area contributed by atoms with E-state index in [0.717, 1.165) is 35.9 Å². The van der Waals surface area contributed by atoms with Crippen molar-refractivity contribution in [3.05, 3.63) is 89.5 Å². The van der Waals surface area contributed by atoms with E-state index in [2.05, 4.69) is 66.5 Å². The highest BCUT2D eigenvalue weighted by molar-refractivity contribution is 7.80. The van der Waals surface area contributed by atoms with Crippen LogP contribution in [0.15, 0.2) is 77.7 Å². The number of ether oxygens (including phenoxy) is 2. The Hall–Kier alpha value is -2.43. The Morgan fingerprint density at radius 3 is 2.27 bits per heavy atom. The molecule has 0 aliphatic rings. The minimum atomic E-state index is 0.168. The van der Waals surface area contributed by atoms with E-state index in [4.69, 9.17) is 9.47 Å². The van der Waals surface area contributed by atoms with Gasteiger partial charge in [-0.1, -0.05) is 42.5 Å². The zero-order chi connectivity index (χ0) is 21.3. The number of para-hydroxylation sites is 1. The van der Waals surface area contributed by atoms with Crippen LogP contribution in [0.2, 0.25) is 0 Å². The first-order chi connectivity index (χ1) is 14.6. The summed E-state index contributed by atoms with van der Waals surface area (Å²) in [5, 5.41) is 3.58. The van der Waals surface area contributed by atoms with Crippen molar-refractivity contribution in [2.45, 2.75) is 43.7 Å². The Kier molecular flexibility index (Phi) is 8.23. The molecule has 3 rings (SSSR count). The van der Waals surface area contributed by atoms with Gasteiger partial charge in [-0.05, 0) is 68.3 Å². The molecule has 0 spiro atoms. The van der Waals surface area contributed by atoms with Gasteiger partial charge in [-0.15, -0.1) is 12.6 Å². The third kappa shape index (κ3) is 6.28. The molecular weight excluding hydrogens is 390 g/mol. The molecule has 0 aliphatic carbocycles. The molecular formula is C26H31NO2S. The van der Waals surface area contributed by atoms with Gasteiger partial charge in [0.25, 0.3) is 0 Å². The smallest absolute Gasteiger partial charge is 0.122 e. The second-order valence-electron chi connectivity index (χ2n) is 7.66. The molecule has 0 radical (unpaired) electrons. The number of benzene rings is 3. The van der Waals surface area contributed by atoms with E-state index in [1.165, 1.54) is 16.7 Å². The van der Waals surface area contributed by atoms with Crippen LogP contribution >= 0.6 is 12.6 Å². The van der Waals surface area contributed by atoms with Crippen LogP contribution in [0.5, 0.6) is 11.5 Å². The molecule has 30 heavy (non-hydrogen) atoms. The SMILES string of the molecule is COc1ccccc1C(CCNCc1ccc(S)cc1)c1ccc(OC(C)C)cc1. The second kappa shape index (κ2) is 11.1. The van der Waals surface area contributed by atoms with Crippen molar-refractivity contribution in [2.75, 3.05) is 13.7 Å². The summed E-state index contributed by atoms with van der Waals surface area (Å²) in [7, 11) is 1.73. The average molecular weight is 422 g/mol. The summed E-state index contributed by atoms with van der Waals surface area (Å²) in [6.45, 7) is 5.82. The largest absolute Gasteiger partial charge is 0.496 e. The Labute approximate surface area is 185 Å². The second-order valence-corrected chi connectivity index (χ2v) is 8.18. The molecule has 1 N–H and O–H groups in total. The lowest BCUT2D eigenvalue weighted by atomic mass is 9.88. The monoisotopic (exact) mass is 421 g/mol. The molecule has 3 nitrogen and oxygen atoms in total. The maximum atomic E-state index is 5.81. The van der Waals surface area contributed by atoms with Gasteiger partial charge in [-0.25, -0.2) is 0 Å². The molecule has 0 fully saturated rings. The first kappa shape index (κ1) is 22.3. The maximum absolute atomic E-state index is 5.81. The van der Waals surface area contributed by atoms with Crippen LogP contribution < -0.4 is 14.8 Å². The summed E-state index contributed by atoms with van der Waals surface area (Å²) in [6, 6.07) is 25.0. The van der Waals surface area contributed by atoms with Gasteiger partial charge in [-0.3, -0.25) is 0 Å². The van der Waals surface area contributed by atoms with Crippen LogP contribution in [0.4, 0.5) is 0 Å². The normalized spacial score (nSPS) is 12.0. The van der Waals surface area contributed by atoms with Crippen molar-refractivity contribution in [3.8, 4) is 11.5 Å². The molecule has 0 saturated carbocycles. The summed E-state index contributed by atoms with van der Waals surface area (Å²) >= 11 is 4.35. The molecule has 158 valence electrons. The van der Waals surface area contributed by atoms with Gasteiger partial charge in [0, 0.05) is 22.9 Å². The summed E-state index contributed by atoms with van der Waals surface area (Å²) in [4.78, 5) is 0.986. The van der Waals surface area contributed by atoms with E-state index in [1.54, 1.807) is 7.11 Å². The third-order valence-corrected chi connectivity index (χ3v) is 5.34. The topological polar surface area (TPSA) is 30.5 Å². The molecule has 4 heteroatoms. The van der Waals surface area contributed by atoms with Crippen LogP contribution in [0.25, 0.3) is 0 Å². The Bertz CT molecular complexity index is 907. The number of nitrogens with one attached hydrogen (secondary N) is 1. The molecule has 0 bridgehead atoms. The molecule has 0 aromatic heterocycles. The predicted octanol–water partition coefficient (Wildman–Crippen LogP) is 6.08. The Morgan fingerprint density at radius 1 is 0.900 bits per heavy atom. The van der Waals surface area contributed by atoms with Gasteiger partial charge in [0.2, 0.25) is 0 Å². The third-order valence-electron chi connectivity index (χ3n) is 5.04. The van der Waals surface area contributed by atoms with Crippen LogP contribution in [-0.2, 0) is 6.54 Å². The number of hydrogen-bond donors (Lipinski definition) is 2. The van der Waals surface area contributed by atoms with Crippen LogP contribution in [0, 0.1) is 0 Å². The molecule has 0 aliphatic heterocycles. The Morgan fingerprint density at radius 2 is 1.60 bits per heavy atom. The number of methoxy groups -OCH3 is 1. The quantitative estimate of drug-likeness (QED) is 0.307. The predicted molar refractivity (Wildman–Crippen MR) is 127 cm³/mol. The zero-order valence-corrected chi connectivity index (χ0v) is 18.9. The fourth-order valence-electron chi connectivity index (χ4n) is 3.60. The first-order valence-corrected chi connectivity index (χ1v) is 10.9. The highest BCUT2D eigenvalue weighted by atomic mass is 32.1. The number of thiol groups is 1. The highest BCUT2D eigenvalue weighted by Gasteiger charge is 2.18. The summed E-state index contributed by atoms with van der Waals surface area (Å²) < 4.78 is 11.5. The van der Waals surface area contributed by atoms with Gasteiger partial charge in [0.1, 0.15) is 11.5 Å². The summed E-state index contributed by atoms with van der Waals surface area (Å²) in [6.07, 6.45) is 1.14. The van der Waals surface area contributed by atoms with Gasteiger partial charge < -0.3 is 14.8 Å². The number of rotatable bonds is 10. The molecule has 0 heterocycles. The van der Waals surface area contributed by atoms with Gasteiger partial charge in [0.15, 0.2) is 0 Å². The standard InChI is InChI=1S/C26H31NO2S/c1-19(2)29-22-12-10-21(11-13-22)24(25-6-4-5-7-26(25)28-3)16-17-27-18-20-8-14-23(30)15-9-20/h4-15,19,24,27,30H,16-18H2,1-3H3. The van der Waals surface area contributed by atoms with E-state index < -0.39 is 0 Å². The molecule has 1 atom stereocenters. The van der Waals surface area contributed by atoms with Crippen molar-refractivity contribution in [2.24, 2.45) is 0 Å². The van der Waals surface area contributed by atoms with E-state index >= 15 is 0 Å². The molecule has 0 amide bonds. The minimum Gasteiger partial charge on any atom is -0.496 e. The maximum Gasteiger partial charge on any atom is 0.122 e. The van der Waals surface area contributed by atoms with E-state index in [9.17, 15) is 0 Å². The van der Waals surface area contributed by atoms with Crippen molar-refractivity contribution >= 4 is 12.6 Å². The van der Waals surface area contributed by atoms with Crippen LogP contribution in [0.3, 0.4) is 0 Å². The van der Waals surface area contributed by atoms with Gasteiger partial charge >= 0.3 is 0 Å². The number of hydrogen-bond acceptors (Lipinski definition) is 4. The molecule has 1 unspecified atom stereocenters. The van der Waals surface area contributed by atoms with Crippen molar-refractivity contribution in [1.29, 1.82) is 0 Å². The fourth-order valence-corrected chi connectivity index (χ4v) is 3.75.